The molecule has 0 saturated heterocycles. The van der Waals surface area contributed by atoms with Crippen molar-refractivity contribution in [3.05, 3.63) is 53.9 Å². The zero-order valence-electron chi connectivity index (χ0n) is 16.7. The lowest BCUT2D eigenvalue weighted by Crippen LogP contribution is -2.44. The Hall–Kier alpha value is -3.51. The molecular formula is C20H18F2N4O5S. The lowest BCUT2D eigenvalue weighted by Gasteiger charge is -2.24. The second kappa shape index (κ2) is 8.20. The van der Waals surface area contributed by atoms with Gasteiger partial charge in [0, 0.05) is 42.0 Å². The lowest BCUT2D eigenvalue weighted by molar-refractivity contribution is 0.200. The van der Waals surface area contributed by atoms with Crippen molar-refractivity contribution in [3.63, 3.8) is 0 Å². The van der Waals surface area contributed by atoms with E-state index in [4.69, 9.17) is 9.84 Å². The Morgan fingerprint density at radius 2 is 2.00 bits per heavy atom. The lowest BCUT2D eigenvalue weighted by atomic mass is 10.0. The number of aromatic amines is 1. The number of benzene rings is 1. The Kier molecular flexibility index (Phi) is 5.57. The topological polar surface area (TPSA) is 125 Å². The van der Waals surface area contributed by atoms with Crippen LogP contribution in [0.25, 0.3) is 27.7 Å². The summed E-state index contributed by atoms with van der Waals surface area (Å²) in [6.07, 6.45) is 1.88. The van der Waals surface area contributed by atoms with E-state index in [1.165, 1.54) is 18.0 Å². The van der Waals surface area contributed by atoms with Gasteiger partial charge in [-0.1, -0.05) is 6.08 Å². The van der Waals surface area contributed by atoms with Crippen molar-refractivity contribution in [1.82, 2.24) is 19.0 Å². The number of carboxylic acid groups (broad SMARTS) is 1. The number of fused-ring (bicyclic) bond motifs is 1. The number of halogens is 2. The summed E-state index contributed by atoms with van der Waals surface area (Å²) in [4.78, 5) is 18.1. The number of hydrogen-bond acceptors (Lipinski definition) is 5. The van der Waals surface area contributed by atoms with Gasteiger partial charge in [0.2, 0.25) is 0 Å². The monoisotopic (exact) mass is 464 g/mol. The van der Waals surface area contributed by atoms with Crippen LogP contribution in [0.2, 0.25) is 0 Å². The van der Waals surface area contributed by atoms with Gasteiger partial charge in [0.15, 0.2) is 11.6 Å². The summed E-state index contributed by atoms with van der Waals surface area (Å²) in [5.74, 6) is -1.86. The number of H-pyrrole nitrogens is 1. The number of hydrogen-bond donors (Lipinski definition) is 3. The summed E-state index contributed by atoms with van der Waals surface area (Å²) in [5.41, 5.74) is 2.95. The molecule has 0 saturated carbocycles. The summed E-state index contributed by atoms with van der Waals surface area (Å²) in [6.45, 7) is 0.0751. The summed E-state index contributed by atoms with van der Waals surface area (Å²) >= 11 is 0. The zero-order chi connectivity index (χ0) is 23.0. The summed E-state index contributed by atoms with van der Waals surface area (Å²) in [6, 6.07) is 5.50. The van der Waals surface area contributed by atoms with E-state index in [9.17, 15) is 22.0 Å². The van der Waals surface area contributed by atoms with Crippen LogP contribution in [-0.2, 0) is 10.2 Å². The van der Waals surface area contributed by atoms with Gasteiger partial charge in [0.25, 0.3) is 0 Å². The highest BCUT2D eigenvalue weighted by Gasteiger charge is 2.26. The van der Waals surface area contributed by atoms with E-state index >= 15 is 0 Å². The predicted molar refractivity (Wildman–Crippen MR) is 112 cm³/mol. The maximum atomic E-state index is 13.9. The molecule has 0 aliphatic carbocycles. The SMILES string of the molecule is COc1cc(F)c(F)cc1-c1ccnc2[nH]c(C3=CCN(S(=O)(=O)NC(=O)O)CC3)cc12. The molecule has 9 nitrogen and oxygen atoms in total. The van der Waals surface area contributed by atoms with Gasteiger partial charge >= 0.3 is 16.3 Å². The third-order valence-corrected chi connectivity index (χ3v) is 6.58. The van der Waals surface area contributed by atoms with Crippen LogP contribution in [0.5, 0.6) is 5.75 Å². The standard InChI is InChI=1S/C20H18F2N4O5S/c1-31-18-10-16(22)15(21)8-13(18)12-2-5-23-19-14(12)9-17(24-19)11-3-6-26(7-4-11)32(29,30)25-20(27)28/h2-3,5,8-10,25H,4,6-7H2,1H3,(H,23,24)(H,27,28). The number of nitrogens with zero attached hydrogens (tertiary/aromatic N) is 2. The molecule has 1 aromatic carbocycles. The van der Waals surface area contributed by atoms with Crippen LogP contribution in [0.1, 0.15) is 12.1 Å². The van der Waals surface area contributed by atoms with Crippen LogP contribution >= 0.6 is 0 Å². The molecule has 4 rings (SSSR count). The van der Waals surface area contributed by atoms with Crippen molar-refractivity contribution in [3.8, 4) is 16.9 Å². The summed E-state index contributed by atoms with van der Waals surface area (Å²) < 4.78 is 59.3. The van der Waals surface area contributed by atoms with Crippen LogP contribution in [0.3, 0.4) is 0 Å². The van der Waals surface area contributed by atoms with Gasteiger partial charge in [-0.25, -0.2) is 23.3 Å². The fourth-order valence-corrected chi connectivity index (χ4v) is 4.58. The molecular weight excluding hydrogens is 446 g/mol. The van der Waals surface area contributed by atoms with Gasteiger partial charge in [0.1, 0.15) is 11.4 Å². The normalized spacial score (nSPS) is 14.9. The summed E-state index contributed by atoms with van der Waals surface area (Å²) in [7, 11) is -2.77. The quantitative estimate of drug-likeness (QED) is 0.533. The van der Waals surface area contributed by atoms with Crippen molar-refractivity contribution < 1.29 is 31.8 Å². The number of rotatable bonds is 5. The number of ether oxygens (including phenoxy) is 1. The molecule has 3 N–H and O–H groups in total. The molecule has 1 amide bonds. The smallest absolute Gasteiger partial charge is 0.419 e. The molecule has 2 aromatic heterocycles. The number of pyridine rings is 1. The minimum atomic E-state index is -4.13. The van der Waals surface area contributed by atoms with Crippen molar-refractivity contribution in [2.24, 2.45) is 0 Å². The Balaban J connectivity index is 1.70. The number of carbonyl (C=O) groups is 1. The van der Waals surface area contributed by atoms with Gasteiger partial charge in [-0.2, -0.15) is 12.7 Å². The van der Waals surface area contributed by atoms with Gasteiger partial charge in [-0.05, 0) is 35.8 Å². The highest BCUT2D eigenvalue weighted by atomic mass is 32.2. The number of amides is 1. The molecule has 12 heteroatoms. The Labute approximate surface area is 181 Å². The van der Waals surface area contributed by atoms with E-state index in [0.717, 1.165) is 22.0 Å². The van der Waals surface area contributed by atoms with Crippen LogP contribution < -0.4 is 9.46 Å². The van der Waals surface area contributed by atoms with E-state index in [1.54, 1.807) is 18.2 Å². The minimum Gasteiger partial charge on any atom is -0.496 e. The van der Waals surface area contributed by atoms with E-state index in [1.807, 2.05) is 0 Å². The fourth-order valence-electron chi connectivity index (χ4n) is 3.63. The Morgan fingerprint density at radius 3 is 2.66 bits per heavy atom. The Morgan fingerprint density at radius 1 is 1.25 bits per heavy atom. The van der Waals surface area contributed by atoms with Crippen LogP contribution in [0.15, 0.2) is 36.5 Å². The van der Waals surface area contributed by atoms with Crippen LogP contribution in [0, 0.1) is 11.6 Å². The maximum Gasteiger partial charge on any atom is 0.419 e. The van der Waals surface area contributed by atoms with E-state index in [0.29, 0.717) is 34.3 Å². The number of aromatic nitrogens is 2. The molecule has 0 radical (unpaired) electrons. The third-order valence-electron chi connectivity index (χ3n) is 5.14. The molecule has 0 bridgehead atoms. The molecule has 3 heterocycles. The first kappa shape index (κ1) is 21.7. The first-order chi connectivity index (χ1) is 15.2. The minimum absolute atomic E-state index is 0.00933. The molecule has 32 heavy (non-hydrogen) atoms. The van der Waals surface area contributed by atoms with Crippen molar-refractivity contribution >= 4 is 32.9 Å². The molecule has 0 spiro atoms. The molecule has 3 aromatic rings. The maximum absolute atomic E-state index is 13.9. The van der Waals surface area contributed by atoms with Gasteiger partial charge in [-0.3, -0.25) is 0 Å². The molecule has 0 atom stereocenters. The summed E-state index contributed by atoms with van der Waals surface area (Å²) in [5, 5.41) is 9.33. The second-order valence-electron chi connectivity index (χ2n) is 7.02. The first-order valence-corrected chi connectivity index (χ1v) is 10.8. The predicted octanol–water partition coefficient (Wildman–Crippen LogP) is 3.12. The molecule has 1 aliphatic heterocycles. The fraction of sp³-hybridized carbons (Fsp3) is 0.200. The Bertz CT molecular complexity index is 1350. The molecule has 168 valence electrons. The third kappa shape index (κ3) is 4.01. The highest BCUT2D eigenvalue weighted by molar-refractivity contribution is 7.87. The van der Waals surface area contributed by atoms with Gasteiger partial charge < -0.3 is 14.8 Å². The highest BCUT2D eigenvalue weighted by Crippen LogP contribution is 2.37. The zero-order valence-corrected chi connectivity index (χ0v) is 17.5. The molecule has 0 fully saturated rings. The number of methoxy groups -OCH3 is 1. The first-order valence-electron chi connectivity index (χ1n) is 9.41. The molecule has 0 unspecified atom stereocenters. The van der Waals surface area contributed by atoms with Crippen molar-refractivity contribution in [2.75, 3.05) is 20.2 Å². The van der Waals surface area contributed by atoms with Crippen molar-refractivity contribution in [1.29, 1.82) is 0 Å². The van der Waals surface area contributed by atoms with Crippen molar-refractivity contribution in [2.45, 2.75) is 6.42 Å². The van der Waals surface area contributed by atoms with Crippen LogP contribution in [-0.4, -0.2) is 54.1 Å². The van der Waals surface area contributed by atoms with E-state index in [-0.39, 0.29) is 18.8 Å². The van der Waals surface area contributed by atoms with Gasteiger partial charge in [-0.15, -0.1) is 0 Å². The second-order valence-corrected chi connectivity index (χ2v) is 8.69. The number of nitrogens with one attached hydrogen (secondary N) is 2. The average molecular weight is 464 g/mol. The van der Waals surface area contributed by atoms with Crippen LogP contribution in [0.4, 0.5) is 13.6 Å². The van der Waals surface area contributed by atoms with E-state index in [2.05, 4.69) is 9.97 Å². The largest absolute Gasteiger partial charge is 0.496 e. The van der Waals surface area contributed by atoms with E-state index < -0.39 is 27.9 Å². The molecule has 1 aliphatic rings. The van der Waals surface area contributed by atoms with Gasteiger partial charge in [0.05, 0.1) is 7.11 Å². The average Bonchev–Trinajstić information content (AvgIpc) is 3.19.